The van der Waals surface area contributed by atoms with Gasteiger partial charge in [0.2, 0.25) is 0 Å². The summed E-state index contributed by atoms with van der Waals surface area (Å²) in [4.78, 5) is 29.0. The number of hydrogen-bond donors (Lipinski definition) is 2. The molecule has 1 aromatic heterocycles. The second-order valence-corrected chi connectivity index (χ2v) is 7.37. The van der Waals surface area contributed by atoms with Crippen molar-refractivity contribution in [2.75, 3.05) is 17.2 Å². The van der Waals surface area contributed by atoms with E-state index in [2.05, 4.69) is 11.1 Å². The summed E-state index contributed by atoms with van der Waals surface area (Å²) >= 11 is 0. The van der Waals surface area contributed by atoms with Crippen molar-refractivity contribution in [3.8, 4) is 17.2 Å². The van der Waals surface area contributed by atoms with Gasteiger partial charge in [-0.05, 0) is 36.1 Å². The molecule has 0 atom stereocenters. The van der Waals surface area contributed by atoms with Gasteiger partial charge >= 0.3 is 5.69 Å². The Morgan fingerprint density at radius 2 is 1.81 bits per heavy atom. The van der Waals surface area contributed by atoms with Gasteiger partial charge in [-0.2, -0.15) is 5.26 Å². The summed E-state index contributed by atoms with van der Waals surface area (Å²) in [5.74, 6) is 0.198. The molecule has 0 saturated heterocycles. The highest BCUT2D eigenvalue weighted by atomic mass is 16.2. The number of nitrogens with one attached hydrogen (secondary N) is 1. The highest BCUT2D eigenvalue weighted by Crippen LogP contribution is 2.25. The van der Waals surface area contributed by atoms with E-state index in [1.807, 2.05) is 61.2 Å². The summed E-state index contributed by atoms with van der Waals surface area (Å²) in [5.41, 5.74) is 9.07. The van der Waals surface area contributed by atoms with Crippen molar-refractivity contribution >= 4 is 11.5 Å². The van der Waals surface area contributed by atoms with Crippen LogP contribution in [0.25, 0.3) is 11.1 Å². The topological polar surface area (TPSA) is 108 Å². The molecule has 0 aliphatic heterocycles. The van der Waals surface area contributed by atoms with E-state index in [1.54, 1.807) is 6.07 Å². The Bertz CT molecular complexity index is 1200. The molecule has 0 radical (unpaired) electrons. The van der Waals surface area contributed by atoms with Crippen molar-refractivity contribution in [2.24, 2.45) is 0 Å². The van der Waals surface area contributed by atoms with Crippen LogP contribution in [-0.4, -0.2) is 16.1 Å². The number of benzene rings is 2. The van der Waals surface area contributed by atoms with Gasteiger partial charge in [-0.1, -0.05) is 55.8 Å². The maximum absolute atomic E-state index is 12.6. The Labute approximate surface area is 181 Å². The van der Waals surface area contributed by atoms with Crippen LogP contribution >= 0.6 is 0 Å². The number of nitriles is 1. The number of hydrogen-bond acceptors (Lipinski definition) is 5. The predicted molar refractivity (Wildman–Crippen MR) is 124 cm³/mol. The molecular formula is C24H27N5O2. The molecule has 0 aliphatic rings. The third kappa shape index (κ3) is 4.69. The van der Waals surface area contributed by atoms with E-state index in [9.17, 15) is 14.9 Å². The number of anilines is 2. The smallest absolute Gasteiger partial charge is 0.330 e. The van der Waals surface area contributed by atoms with Crippen LogP contribution in [-0.2, 0) is 13.1 Å². The van der Waals surface area contributed by atoms with Crippen LogP contribution in [0.15, 0.2) is 58.1 Å². The molecule has 31 heavy (non-hydrogen) atoms. The van der Waals surface area contributed by atoms with Crippen molar-refractivity contribution in [1.29, 1.82) is 5.26 Å². The van der Waals surface area contributed by atoms with Crippen LogP contribution in [0.4, 0.5) is 11.5 Å². The third-order valence-corrected chi connectivity index (χ3v) is 5.33. The Morgan fingerprint density at radius 1 is 1.10 bits per heavy atom. The van der Waals surface area contributed by atoms with Crippen LogP contribution in [0.2, 0.25) is 0 Å². The average molecular weight is 418 g/mol. The van der Waals surface area contributed by atoms with Crippen molar-refractivity contribution in [3.05, 3.63) is 80.5 Å². The maximum Gasteiger partial charge on any atom is 0.330 e. The fourth-order valence-corrected chi connectivity index (χ4v) is 3.61. The number of nitrogens with two attached hydrogens (primary N) is 1. The van der Waals surface area contributed by atoms with E-state index in [4.69, 9.17) is 5.73 Å². The fourth-order valence-electron chi connectivity index (χ4n) is 3.61. The first-order valence-electron chi connectivity index (χ1n) is 10.5. The second-order valence-electron chi connectivity index (χ2n) is 7.37. The van der Waals surface area contributed by atoms with Gasteiger partial charge in [0.25, 0.3) is 5.56 Å². The quantitative estimate of drug-likeness (QED) is 0.583. The normalized spacial score (nSPS) is 10.6. The van der Waals surface area contributed by atoms with E-state index in [1.165, 1.54) is 4.57 Å². The van der Waals surface area contributed by atoms with Crippen molar-refractivity contribution in [1.82, 2.24) is 9.55 Å². The maximum atomic E-state index is 12.6. The SMILES string of the molecule is CCCCn1c(N)c(N(CC)Cc2ccc(-c3ccccc3C#N)cc2)c(=O)[nH]c1=O. The van der Waals surface area contributed by atoms with Gasteiger partial charge in [0, 0.05) is 19.6 Å². The number of rotatable bonds is 8. The number of unbranched alkanes of at least 4 members (excludes halogenated alkanes) is 1. The molecular weight excluding hydrogens is 390 g/mol. The van der Waals surface area contributed by atoms with Gasteiger partial charge in [0.05, 0.1) is 11.6 Å². The Kier molecular flexibility index (Phi) is 6.93. The molecule has 160 valence electrons. The third-order valence-electron chi connectivity index (χ3n) is 5.33. The second kappa shape index (κ2) is 9.81. The molecule has 0 fully saturated rings. The molecule has 0 bridgehead atoms. The van der Waals surface area contributed by atoms with Gasteiger partial charge in [0.15, 0.2) is 0 Å². The van der Waals surface area contributed by atoms with Crippen molar-refractivity contribution in [2.45, 2.75) is 39.8 Å². The minimum atomic E-state index is -0.476. The first kappa shape index (κ1) is 21.9. The van der Waals surface area contributed by atoms with Gasteiger partial charge < -0.3 is 10.6 Å². The minimum absolute atomic E-state index is 0.198. The lowest BCUT2D eigenvalue weighted by Crippen LogP contribution is -2.38. The summed E-state index contributed by atoms with van der Waals surface area (Å²) in [5, 5.41) is 9.33. The molecule has 3 aromatic rings. The molecule has 2 aromatic carbocycles. The van der Waals surface area contributed by atoms with E-state index in [0.29, 0.717) is 30.9 Å². The van der Waals surface area contributed by atoms with Crippen molar-refractivity contribution < 1.29 is 0 Å². The van der Waals surface area contributed by atoms with E-state index in [-0.39, 0.29) is 5.82 Å². The molecule has 7 heteroatoms. The van der Waals surface area contributed by atoms with Gasteiger partial charge in [-0.15, -0.1) is 0 Å². The number of aromatic nitrogens is 2. The number of H-pyrrole nitrogens is 1. The van der Waals surface area contributed by atoms with Gasteiger partial charge in [0.1, 0.15) is 11.5 Å². The first-order chi connectivity index (χ1) is 15.0. The van der Waals surface area contributed by atoms with Crippen LogP contribution < -0.4 is 21.9 Å². The molecule has 0 saturated carbocycles. The van der Waals surface area contributed by atoms with Crippen molar-refractivity contribution in [3.63, 3.8) is 0 Å². The first-order valence-corrected chi connectivity index (χ1v) is 10.5. The Balaban J connectivity index is 1.91. The van der Waals surface area contributed by atoms with Gasteiger partial charge in [-0.3, -0.25) is 14.3 Å². The summed E-state index contributed by atoms with van der Waals surface area (Å²) in [6.45, 7) is 5.46. The highest BCUT2D eigenvalue weighted by Gasteiger charge is 2.18. The summed E-state index contributed by atoms with van der Waals surface area (Å²) in [7, 11) is 0. The van der Waals surface area contributed by atoms with Crippen LogP contribution in [0.5, 0.6) is 0 Å². The fraction of sp³-hybridized carbons (Fsp3) is 0.292. The summed E-state index contributed by atoms with van der Waals surface area (Å²) in [6, 6.07) is 17.6. The summed E-state index contributed by atoms with van der Waals surface area (Å²) in [6.07, 6.45) is 1.71. The molecule has 0 unspecified atom stereocenters. The Morgan fingerprint density at radius 3 is 2.45 bits per heavy atom. The zero-order valence-electron chi connectivity index (χ0n) is 17.9. The lowest BCUT2D eigenvalue weighted by molar-refractivity contribution is 0.602. The van der Waals surface area contributed by atoms with Crippen LogP contribution in [0.3, 0.4) is 0 Å². The lowest BCUT2D eigenvalue weighted by Gasteiger charge is -2.25. The average Bonchev–Trinajstić information content (AvgIpc) is 2.78. The minimum Gasteiger partial charge on any atom is -0.383 e. The van der Waals surface area contributed by atoms with Crippen LogP contribution in [0, 0.1) is 11.3 Å². The zero-order valence-corrected chi connectivity index (χ0v) is 17.9. The van der Waals surface area contributed by atoms with E-state index in [0.717, 1.165) is 29.5 Å². The van der Waals surface area contributed by atoms with E-state index < -0.39 is 11.2 Å². The highest BCUT2D eigenvalue weighted by molar-refractivity contribution is 5.70. The largest absolute Gasteiger partial charge is 0.383 e. The number of nitrogens with zero attached hydrogens (tertiary/aromatic N) is 3. The molecule has 3 rings (SSSR count). The molecule has 7 nitrogen and oxygen atoms in total. The predicted octanol–water partition coefficient (Wildman–Crippen LogP) is 3.48. The summed E-state index contributed by atoms with van der Waals surface area (Å²) < 4.78 is 1.44. The van der Waals surface area contributed by atoms with E-state index >= 15 is 0 Å². The molecule has 1 heterocycles. The molecule has 3 N–H and O–H groups in total. The monoisotopic (exact) mass is 417 g/mol. The lowest BCUT2D eigenvalue weighted by atomic mass is 9.99. The number of nitrogen functional groups attached to an aromatic ring is 1. The molecule has 0 amide bonds. The standard InChI is InChI=1S/C24H27N5O2/c1-3-5-14-29-22(26)21(23(30)27-24(29)31)28(4-2)16-17-10-12-18(13-11-17)20-9-7-6-8-19(20)15-25/h6-13H,3-5,14,16,26H2,1-2H3,(H,27,30,31). The molecule has 0 spiro atoms. The zero-order chi connectivity index (χ0) is 22.4. The number of aromatic amines is 1. The Hall–Kier alpha value is -3.79. The van der Waals surface area contributed by atoms with Crippen LogP contribution in [0.1, 0.15) is 37.8 Å². The molecule has 0 aliphatic carbocycles. The van der Waals surface area contributed by atoms with Gasteiger partial charge in [-0.25, -0.2) is 4.79 Å².